The lowest BCUT2D eigenvalue weighted by Crippen LogP contribution is -2.17. The summed E-state index contributed by atoms with van der Waals surface area (Å²) in [5.74, 6) is 0.275. The van der Waals surface area contributed by atoms with E-state index in [0.29, 0.717) is 11.5 Å². The third-order valence-electron chi connectivity index (χ3n) is 2.96. The molecule has 1 aromatic carbocycles. The van der Waals surface area contributed by atoms with Crippen LogP contribution in [0.25, 0.3) is 0 Å². The minimum absolute atomic E-state index is 0.190. The van der Waals surface area contributed by atoms with Gasteiger partial charge < -0.3 is 0 Å². The third-order valence-corrected chi connectivity index (χ3v) is 3.89. The fraction of sp³-hybridized carbons (Fsp3) is 0.250. The van der Waals surface area contributed by atoms with Crippen LogP contribution in [-0.4, -0.2) is 12.1 Å². The van der Waals surface area contributed by atoms with Crippen LogP contribution in [0.1, 0.15) is 45.4 Å². The van der Waals surface area contributed by atoms with Gasteiger partial charge in [-0.05, 0) is 42.7 Å². The molecule has 0 aliphatic carbocycles. The molecule has 0 saturated carbocycles. The molecule has 3 nitrogen and oxygen atoms in total. The molecule has 0 atom stereocenters. The topological polar surface area (TPSA) is 41.5 Å². The zero-order valence-electron chi connectivity index (χ0n) is 11.9. The Hall–Kier alpha value is -1.94. The van der Waals surface area contributed by atoms with Crippen LogP contribution in [0.3, 0.4) is 0 Å². The first-order valence-corrected chi connectivity index (χ1v) is 7.37. The van der Waals surface area contributed by atoms with Crippen LogP contribution in [0.15, 0.2) is 41.5 Å². The number of nitrogens with one attached hydrogen (secondary N) is 1. The Bertz CT molecular complexity index is 612. The molecule has 0 spiro atoms. The van der Waals surface area contributed by atoms with Crippen LogP contribution in [0.2, 0.25) is 0 Å². The zero-order chi connectivity index (χ0) is 14.5. The standard InChI is InChI=1S/C16H18N2OS/c1-11(2)13-5-7-14(8-6-13)16(19)18-17-10-15-9-4-12(3)20-15/h4-11H,1-3H3,(H,18,19)/b17-10+. The summed E-state index contributed by atoms with van der Waals surface area (Å²) in [5, 5.41) is 3.97. The number of rotatable bonds is 4. The molecule has 0 saturated heterocycles. The molecule has 0 aliphatic heterocycles. The van der Waals surface area contributed by atoms with Crippen molar-refractivity contribution in [1.29, 1.82) is 0 Å². The SMILES string of the molecule is Cc1ccc(/C=N/NC(=O)c2ccc(C(C)C)cc2)s1. The van der Waals surface area contributed by atoms with E-state index in [-0.39, 0.29) is 5.91 Å². The molecule has 20 heavy (non-hydrogen) atoms. The van der Waals surface area contributed by atoms with Crippen LogP contribution >= 0.6 is 11.3 Å². The highest BCUT2D eigenvalue weighted by atomic mass is 32.1. The van der Waals surface area contributed by atoms with Gasteiger partial charge in [-0.15, -0.1) is 11.3 Å². The zero-order valence-corrected chi connectivity index (χ0v) is 12.7. The van der Waals surface area contributed by atoms with E-state index in [9.17, 15) is 4.79 Å². The van der Waals surface area contributed by atoms with Gasteiger partial charge in [0.05, 0.1) is 6.21 Å². The van der Waals surface area contributed by atoms with Crippen molar-refractivity contribution in [3.8, 4) is 0 Å². The van der Waals surface area contributed by atoms with Crippen LogP contribution < -0.4 is 5.43 Å². The maximum Gasteiger partial charge on any atom is 0.271 e. The Morgan fingerprint density at radius 1 is 1.20 bits per heavy atom. The number of aryl methyl sites for hydroxylation is 1. The molecule has 2 aromatic rings. The molecule has 0 aliphatic rings. The lowest BCUT2D eigenvalue weighted by molar-refractivity contribution is 0.0955. The Morgan fingerprint density at radius 2 is 1.90 bits per heavy atom. The average molecular weight is 286 g/mol. The maximum absolute atomic E-state index is 11.9. The van der Waals surface area contributed by atoms with Gasteiger partial charge in [-0.25, -0.2) is 5.43 Å². The molecule has 4 heteroatoms. The summed E-state index contributed by atoms with van der Waals surface area (Å²) in [5.41, 5.74) is 4.38. The van der Waals surface area contributed by atoms with Crippen molar-refractivity contribution in [2.24, 2.45) is 5.10 Å². The summed E-state index contributed by atoms with van der Waals surface area (Å²) in [6, 6.07) is 11.6. The monoisotopic (exact) mass is 286 g/mol. The van der Waals surface area contributed by atoms with Crippen molar-refractivity contribution >= 4 is 23.5 Å². The summed E-state index contributed by atoms with van der Waals surface area (Å²) in [6.07, 6.45) is 1.66. The van der Waals surface area contributed by atoms with Gasteiger partial charge in [-0.2, -0.15) is 5.10 Å². The quantitative estimate of drug-likeness (QED) is 0.671. The number of hydrogen-bond acceptors (Lipinski definition) is 3. The number of benzene rings is 1. The second-order valence-electron chi connectivity index (χ2n) is 4.92. The van der Waals surface area contributed by atoms with Gasteiger partial charge >= 0.3 is 0 Å². The normalized spacial score (nSPS) is 11.2. The third kappa shape index (κ3) is 3.78. The molecule has 0 unspecified atom stereocenters. The van der Waals surface area contributed by atoms with Crippen molar-refractivity contribution in [3.63, 3.8) is 0 Å². The highest BCUT2D eigenvalue weighted by Crippen LogP contribution is 2.15. The Kier molecular flexibility index (Phi) is 4.69. The van der Waals surface area contributed by atoms with Crippen molar-refractivity contribution < 1.29 is 4.79 Å². The summed E-state index contributed by atoms with van der Waals surface area (Å²) >= 11 is 1.64. The van der Waals surface area contributed by atoms with E-state index >= 15 is 0 Å². The fourth-order valence-electron chi connectivity index (χ4n) is 1.76. The largest absolute Gasteiger partial charge is 0.271 e. The first-order chi connectivity index (χ1) is 9.56. The highest BCUT2D eigenvalue weighted by molar-refractivity contribution is 7.13. The van der Waals surface area contributed by atoms with Crippen LogP contribution in [0.5, 0.6) is 0 Å². The number of hydrogen-bond donors (Lipinski definition) is 1. The van der Waals surface area contributed by atoms with Crippen molar-refractivity contribution in [1.82, 2.24) is 5.43 Å². The molecule has 104 valence electrons. The predicted octanol–water partition coefficient (Wildman–Crippen LogP) is 3.94. The second-order valence-corrected chi connectivity index (χ2v) is 6.24. The predicted molar refractivity (Wildman–Crippen MR) is 84.6 cm³/mol. The molecule has 1 aromatic heterocycles. The smallest absolute Gasteiger partial charge is 0.267 e. The van der Waals surface area contributed by atoms with E-state index in [1.807, 2.05) is 43.3 Å². The van der Waals surface area contributed by atoms with Gasteiger partial charge in [0.15, 0.2) is 0 Å². The number of amides is 1. The summed E-state index contributed by atoms with van der Waals surface area (Å²) < 4.78 is 0. The molecular formula is C16H18N2OS. The summed E-state index contributed by atoms with van der Waals surface area (Å²) in [4.78, 5) is 14.1. The molecule has 1 N–H and O–H groups in total. The van der Waals surface area contributed by atoms with Crippen LogP contribution in [0, 0.1) is 6.92 Å². The Balaban J connectivity index is 1.96. The second kappa shape index (κ2) is 6.48. The van der Waals surface area contributed by atoms with E-state index in [0.717, 1.165) is 4.88 Å². The van der Waals surface area contributed by atoms with Crippen molar-refractivity contribution in [3.05, 3.63) is 57.3 Å². The number of carbonyl (C=O) groups is 1. The van der Waals surface area contributed by atoms with Crippen LogP contribution in [0.4, 0.5) is 0 Å². The molecule has 0 radical (unpaired) electrons. The highest BCUT2D eigenvalue weighted by Gasteiger charge is 2.05. The fourth-order valence-corrected chi connectivity index (χ4v) is 2.51. The molecule has 1 heterocycles. The lowest BCUT2D eigenvalue weighted by atomic mass is 10.0. The number of hydrazone groups is 1. The van der Waals surface area contributed by atoms with E-state index in [1.54, 1.807) is 17.6 Å². The first kappa shape index (κ1) is 14.5. The summed E-state index contributed by atoms with van der Waals surface area (Å²) in [6.45, 7) is 6.29. The van der Waals surface area contributed by atoms with Gasteiger partial charge in [0.1, 0.15) is 0 Å². The maximum atomic E-state index is 11.9. The minimum atomic E-state index is -0.190. The van der Waals surface area contributed by atoms with Gasteiger partial charge in [0.2, 0.25) is 0 Å². The number of carbonyl (C=O) groups excluding carboxylic acids is 1. The van der Waals surface area contributed by atoms with E-state index in [2.05, 4.69) is 24.4 Å². The van der Waals surface area contributed by atoms with Gasteiger partial charge in [0, 0.05) is 15.3 Å². The van der Waals surface area contributed by atoms with Gasteiger partial charge in [-0.1, -0.05) is 26.0 Å². The Morgan fingerprint density at radius 3 is 2.45 bits per heavy atom. The molecule has 2 rings (SSSR count). The van der Waals surface area contributed by atoms with Crippen molar-refractivity contribution in [2.75, 3.05) is 0 Å². The Labute approximate surface area is 123 Å². The lowest BCUT2D eigenvalue weighted by Gasteiger charge is -2.05. The summed E-state index contributed by atoms with van der Waals surface area (Å²) in [7, 11) is 0. The molecule has 0 bridgehead atoms. The number of nitrogens with zero attached hydrogens (tertiary/aromatic N) is 1. The van der Waals surface area contributed by atoms with Gasteiger partial charge in [0.25, 0.3) is 5.91 Å². The average Bonchev–Trinajstić information content (AvgIpc) is 2.84. The molecule has 0 fully saturated rings. The van der Waals surface area contributed by atoms with Crippen LogP contribution in [-0.2, 0) is 0 Å². The van der Waals surface area contributed by atoms with E-state index in [4.69, 9.17) is 0 Å². The molecular weight excluding hydrogens is 268 g/mol. The molecule has 1 amide bonds. The first-order valence-electron chi connectivity index (χ1n) is 6.56. The van der Waals surface area contributed by atoms with Gasteiger partial charge in [-0.3, -0.25) is 4.79 Å². The van der Waals surface area contributed by atoms with E-state index in [1.165, 1.54) is 10.4 Å². The minimum Gasteiger partial charge on any atom is -0.267 e. The van der Waals surface area contributed by atoms with Crippen molar-refractivity contribution in [2.45, 2.75) is 26.7 Å². The van der Waals surface area contributed by atoms with E-state index < -0.39 is 0 Å². The number of thiophene rings is 1.